The van der Waals surface area contributed by atoms with Gasteiger partial charge in [0.25, 0.3) is 10.0 Å². The molecule has 3 rings (SSSR count). The van der Waals surface area contributed by atoms with Crippen molar-refractivity contribution >= 4 is 15.7 Å². The Bertz CT molecular complexity index is 1010. The Hall–Kier alpha value is -3.13. The van der Waals surface area contributed by atoms with Gasteiger partial charge in [0.2, 0.25) is 0 Å². The second-order valence-electron chi connectivity index (χ2n) is 5.64. The smallest absolute Gasteiger partial charge is 0.322 e. The molecule has 8 heteroatoms. The first kappa shape index (κ1) is 18.7. The summed E-state index contributed by atoms with van der Waals surface area (Å²) in [5.74, 6) is 1.25. The fourth-order valence-electron chi connectivity index (χ4n) is 2.34. The van der Waals surface area contributed by atoms with E-state index < -0.39 is 10.0 Å². The van der Waals surface area contributed by atoms with Crippen LogP contribution in [0.5, 0.6) is 17.5 Å². The molecule has 1 N–H and O–H groups in total. The van der Waals surface area contributed by atoms with Gasteiger partial charge in [-0.05, 0) is 49.7 Å². The first-order valence-corrected chi connectivity index (χ1v) is 9.77. The number of sulfonamides is 1. The van der Waals surface area contributed by atoms with Crippen molar-refractivity contribution in [2.24, 2.45) is 0 Å². The molecule has 1 heterocycles. The summed E-state index contributed by atoms with van der Waals surface area (Å²) in [5, 5.41) is 0. The predicted octanol–water partition coefficient (Wildman–Crippen LogP) is 3.78. The van der Waals surface area contributed by atoms with Crippen LogP contribution in [0.1, 0.15) is 12.5 Å². The number of aromatic nitrogens is 2. The molecule has 0 saturated carbocycles. The number of hydrogen-bond donors (Lipinski definition) is 1. The molecule has 3 aromatic rings. The van der Waals surface area contributed by atoms with Crippen LogP contribution in [-0.2, 0) is 10.0 Å². The highest BCUT2D eigenvalue weighted by atomic mass is 32.2. The first-order chi connectivity index (χ1) is 13.0. The lowest BCUT2D eigenvalue weighted by atomic mass is 10.2. The molecule has 2 aromatic carbocycles. The van der Waals surface area contributed by atoms with Crippen molar-refractivity contribution in [2.75, 3.05) is 11.3 Å². The summed E-state index contributed by atoms with van der Waals surface area (Å²) in [6.45, 7) is 4.18. The van der Waals surface area contributed by atoms with E-state index in [2.05, 4.69) is 14.7 Å². The number of anilines is 1. The summed E-state index contributed by atoms with van der Waals surface area (Å²) in [5.41, 5.74) is 0.976. The molecule has 0 atom stereocenters. The van der Waals surface area contributed by atoms with E-state index in [0.717, 1.165) is 5.56 Å². The maximum Gasteiger partial charge on any atom is 0.322 e. The molecule has 0 radical (unpaired) electrons. The molecule has 0 aliphatic heterocycles. The van der Waals surface area contributed by atoms with Crippen LogP contribution in [-0.4, -0.2) is 25.0 Å². The summed E-state index contributed by atoms with van der Waals surface area (Å²) in [6.07, 6.45) is 2.70. The molecule has 0 saturated heterocycles. The van der Waals surface area contributed by atoms with Crippen LogP contribution < -0.4 is 14.2 Å². The van der Waals surface area contributed by atoms with E-state index in [0.29, 0.717) is 18.1 Å². The summed E-state index contributed by atoms with van der Waals surface area (Å²) >= 11 is 0. The SMILES string of the molecule is CCOc1ccc(S(=O)(=O)Nc2cnc(Oc3ccccc3)nc2)cc1C. The van der Waals surface area contributed by atoms with E-state index in [1.165, 1.54) is 18.5 Å². The third-order valence-corrected chi connectivity index (χ3v) is 4.97. The molecule has 0 aliphatic carbocycles. The van der Waals surface area contributed by atoms with Crippen molar-refractivity contribution in [1.82, 2.24) is 9.97 Å². The maximum atomic E-state index is 12.6. The van der Waals surface area contributed by atoms with E-state index >= 15 is 0 Å². The monoisotopic (exact) mass is 385 g/mol. The molecule has 0 amide bonds. The number of para-hydroxylation sites is 1. The minimum absolute atomic E-state index is 0.126. The van der Waals surface area contributed by atoms with Crippen molar-refractivity contribution in [3.63, 3.8) is 0 Å². The minimum Gasteiger partial charge on any atom is -0.494 e. The van der Waals surface area contributed by atoms with Crippen LogP contribution in [0.15, 0.2) is 65.8 Å². The average Bonchev–Trinajstić information content (AvgIpc) is 2.66. The number of nitrogens with one attached hydrogen (secondary N) is 1. The zero-order valence-corrected chi connectivity index (χ0v) is 15.7. The molecule has 7 nitrogen and oxygen atoms in total. The van der Waals surface area contributed by atoms with Crippen molar-refractivity contribution < 1.29 is 17.9 Å². The van der Waals surface area contributed by atoms with Gasteiger partial charge < -0.3 is 9.47 Å². The average molecular weight is 385 g/mol. The molecule has 0 unspecified atom stereocenters. The second kappa shape index (κ2) is 8.05. The topological polar surface area (TPSA) is 90.4 Å². The lowest BCUT2D eigenvalue weighted by molar-refractivity contribution is 0.337. The fourth-order valence-corrected chi connectivity index (χ4v) is 3.45. The van der Waals surface area contributed by atoms with E-state index in [1.54, 1.807) is 31.2 Å². The molecule has 27 heavy (non-hydrogen) atoms. The summed E-state index contributed by atoms with van der Waals surface area (Å²) < 4.78 is 38.5. The summed E-state index contributed by atoms with van der Waals surface area (Å²) in [7, 11) is -3.77. The summed E-state index contributed by atoms with van der Waals surface area (Å²) in [4.78, 5) is 8.19. The Kier molecular flexibility index (Phi) is 5.56. The predicted molar refractivity (Wildman–Crippen MR) is 102 cm³/mol. The Morgan fingerprint density at radius 1 is 1.04 bits per heavy atom. The van der Waals surface area contributed by atoms with Gasteiger partial charge in [0.05, 0.1) is 29.6 Å². The number of hydrogen-bond acceptors (Lipinski definition) is 6. The lowest BCUT2D eigenvalue weighted by Gasteiger charge is -2.11. The number of aryl methyl sites for hydroxylation is 1. The van der Waals surface area contributed by atoms with Gasteiger partial charge in [0.1, 0.15) is 11.5 Å². The van der Waals surface area contributed by atoms with Gasteiger partial charge in [-0.25, -0.2) is 18.4 Å². The molecule has 1 aromatic heterocycles. The van der Waals surface area contributed by atoms with Gasteiger partial charge in [-0.1, -0.05) is 18.2 Å². The fraction of sp³-hybridized carbons (Fsp3) is 0.158. The van der Waals surface area contributed by atoms with Gasteiger partial charge in [0, 0.05) is 0 Å². The molecule has 140 valence electrons. The van der Waals surface area contributed by atoms with Crippen molar-refractivity contribution in [3.8, 4) is 17.5 Å². The minimum atomic E-state index is -3.77. The van der Waals surface area contributed by atoms with Crippen LogP contribution in [0.4, 0.5) is 5.69 Å². The van der Waals surface area contributed by atoms with E-state index in [1.807, 2.05) is 25.1 Å². The second-order valence-corrected chi connectivity index (χ2v) is 7.32. The van der Waals surface area contributed by atoms with Gasteiger partial charge in [0.15, 0.2) is 0 Å². The molecule has 0 fully saturated rings. The molecule has 0 bridgehead atoms. The van der Waals surface area contributed by atoms with E-state index in [9.17, 15) is 8.42 Å². The summed E-state index contributed by atoms with van der Waals surface area (Å²) in [6, 6.07) is 13.9. The Labute approximate surface area is 158 Å². The molecule has 0 spiro atoms. The van der Waals surface area contributed by atoms with Crippen LogP contribution in [0.25, 0.3) is 0 Å². The zero-order valence-electron chi connectivity index (χ0n) is 14.9. The Morgan fingerprint density at radius 3 is 2.37 bits per heavy atom. The Balaban J connectivity index is 1.73. The number of nitrogens with zero attached hydrogens (tertiary/aromatic N) is 2. The van der Waals surface area contributed by atoms with Gasteiger partial charge in [-0.3, -0.25) is 4.72 Å². The highest BCUT2D eigenvalue weighted by Crippen LogP contribution is 2.24. The Morgan fingerprint density at radius 2 is 1.74 bits per heavy atom. The lowest BCUT2D eigenvalue weighted by Crippen LogP contribution is -2.13. The maximum absolute atomic E-state index is 12.6. The zero-order chi connectivity index (χ0) is 19.3. The third kappa shape index (κ3) is 4.73. The molecular formula is C19H19N3O4S. The van der Waals surface area contributed by atoms with Crippen LogP contribution in [0.2, 0.25) is 0 Å². The van der Waals surface area contributed by atoms with Crippen molar-refractivity contribution in [3.05, 3.63) is 66.5 Å². The third-order valence-electron chi connectivity index (χ3n) is 3.59. The number of benzene rings is 2. The van der Waals surface area contributed by atoms with Gasteiger partial charge >= 0.3 is 6.01 Å². The highest BCUT2D eigenvalue weighted by molar-refractivity contribution is 7.92. The van der Waals surface area contributed by atoms with Gasteiger partial charge in [-0.15, -0.1) is 0 Å². The van der Waals surface area contributed by atoms with E-state index in [-0.39, 0.29) is 16.6 Å². The van der Waals surface area contributed by atoms with Crippen LogP contribution >= 0.6 is 0 Å². The molecular weight excluding hydrogens is 366 g/mol. The standard InChI is InChI=1S/C19H19N3O4S/c1-3-25-18-10-9-17(11-14(18)2)27(23,24)22-15-12-20-19(21-13-15)26-16-7-5-4-6-8-16/h4-13,22H,3H2,1-2H3. The van der Waals surface area contributed by atoms with Crippen molar-refractivity contribution in [2.45, 2.75) is 18.7 Å². The van der Waals surface area contributed by atoms with Crippen LogP contribution in [0.3, 0.4) is 0 Å². The highest BCUT2D eigenvalue weighted by Gasteiger charge is 2.16. The first-order valence-electron chi connectivity index (χ1n) is 8.29. The number of rotatable bonds is 7. The molecule has 0 aliphatic rings. The normalized spacial score (nSPS) is 11.0. The quantitative estimate of drug-likeness (QED) is 0.666. The largest absolute Gasteiger partial charge is 0.494 e. The van der Waals surface area contributed by atoms with Crippen molar-refractivity contribution in [1.29, 1.82) is 0 Å². The van der Waals surface area contributed by atoms with Gasteiger partial charge in [-0.2, -0.15) is 0 Å². The van der Waals surface area contributed by atoms with Crippen LogP contribution in [0, 0.1) is 6.92 Å². The number of ether oxygens (including phenoxy) is 2. The van der Waals surface area contributed by atoms with E-state index in [4.69, 9.17) is 9.47 Å².